The Balaban J connectivity index is 1.44. The fourth-order valence-corrected chi connectivity index (χ4v) is 7.98. The van der Waals surface area contributed by atoms with Crippen molar-refractivity contribution in [3.8, 4) is 5.75 Å². The highest BCUT2D eigenvalue weighted by atomic mass is 16.4. The van der Waals surface area contributed by atoms with Crippen molar-refractivity contribution < 1.29 is 58.8 Å². The van der Waals surface area contributed by atoms with Gasteiger partial charge in [-0.05, 0) is 95.9 Å². The zero-order valence-corrected chi connectivity index (χ0v) is 34.7. The lowest BCUT2D eigenvalue weighted by Gasteiger charge is -2.32. The van der Waals surface area contributed by atoms with Crippen molar-refractivity contribution in [2.45, 2.75) is 132 Å². The summed E-state index contributed by atoms with van der Waals surface area (Å²) in [7, 11) is 0. The number of nitrogens with one attached hydrogen (secondary N) is 4. The van der Waals surface area contributed by atoms with Gasteiger partial charge in [-0.3, -0.25) is 33.6 Å². The van der Waals surface area contributed by atoms with Crippen LogP contribution >= 0.6 is 0 Å². The van der Waals surface area contributed by atoms with E-state index in [1.165, 1.54) is 43.0 Å². The van der Waals surface area contributed by atoms with Gasteiger partial charge in [-0.25, -0.2) is 4.79 Å². The van der Waals surface area contributed by atoms with Gasteiger partial charge in [0.25, 0.3) is 0 Å². The molecule has 12 N–H and O–H groups in total. The molecule has 9 atom stereocenters. The number of nitrogens with two attached hydrogens (primary N) is 2. The van der Waals surface area contributed by atoms with Crippen molar-refractivity contribution in [3.63, 3.8) is 0 Å². The molecule has 3 fully saturated rings. The molecule has 338 valence electrons. The van der Waals surface area contributed by atoms with Crippen LogP contribution in [0.25, 0.3) is 0 Å². The molecule has 1 aromatic carbocycles. The molecule has 3 aliphatic heterocycles. The highest BCUT2D eigenvalue weighted by Crippen LogP contribution is 2.24. The molecular weight excluding hydrogens is 798 g/mol. The third-order valence-corrected chi connectivity index (χ3v) is 11.3. The Kier molecular flexibility index (Phi) is 17.8. The minimum Gasteiger partial charge on any atom is -0.508 e. The molecule has 1 aromatic rings. The van der Waals surface area contributed by atoms with Gasteiger partial charge in [-0.2, -0.15) is 0 Å². The molecule has 4 rings (SSSR count). The molecule has 0 aromatic heterocycles. The predicted octanol–water partition coefficient (Wildman–Crippen LogP) is -3.22. The number of carbonyl (C=O) groups excluding carboxylic acids is 7. The zero-order chi connectivity index (χ0) is 45.0. The first kappa shape index (κ1) is 48.3. The largest absolute Gasteiger partial charge is 0.508 e. The van der Waals surface area contributed by atoms with Crippen molar-refractivity contribution >= 4 is 47.3 Å². The topological polar surface area (TPSA) is 327 Å². The summed E-state index contributed by atoms with van der Waals surface area (Å²) in [6.45, 7) is 2.64. The van der Waals surface area contributed by atoms with Crippen molar-refractivity contribution in [3.05, 3.63) is 29.8 Å². The first-order valence-electron chi connectivity index (χ1n) is 20.9. The maximum Gasteiger partial charge on any atom is 0.326 e. The maximum atomic E-state index is 13.9. The quantitative estimate of drug-likeness (QED) is 0.0577. The number of carboxylic acid groups (broad SMARTS) is 1. The lowest BCUT2D eigenvalue weighted by molar-refractivity contribution is -0.149. The van der Waals surface area contributed by atoms with Crippen LogP contribution < -0.4 is 32.7 Å². The molecule has 61 heavy (non-hydrogen) atoms. The molecule has 0 radical (unpaired) electrons. The number of rotatable bonds is 20. The number of aliphatic carboxylic acids is 1. The van der Waals surface area contributed by atoms with Gasteiger partial charge in [0.15, 0.2) is 0 Å². The zero-order valence-electron chi connectivity index (χ0n) is 34.7. The molecule has 3 aliphatic rings. The average molecular weight is 860 g/mol. The number of likely N-dealkylation sites (tertiary alicyclic amines) is 3. The normalized spacial score (nSPS) is 21.7. The molecular formula is C40H61N9O12. The van der Waals surface area contributed by atoms with E-state index in [9.17, 15) is 58.8 Å². The lowest BCUT2D eigenvalue weighted by Crippen LogP contribution is -2.61. The van der Waals surface area contributed by atoms with Crippen LogP contribution in [0.3, 0.4) is 0 Å². The Labute approximate surface area is 353 Å². The first-order valence-corrected chi connectivity index (χ1v) is 20.9. The second-order valence-electron chi connectivity index (χ2n) is 15.9. The van der Waals surface area contributed by atoms with Crippen LogP contribution in [-0.2, 0) is 44.8 Å². The number of amides is 7. The van der Waals surface area contributed by atoms with Gasteiger partial charge in [-0.1, -0.05) is 12.1 Å². The van der Waals surface area contributed by atoms with Gasteiger partial charge in [0.1, 0.15) is 48.0 Å². The van der Waals surface area contributed by atoms with E-state index in [0.717, 1.165) is 9.80 Å². The van der Waals surface area contributed by atoms with Crippen molar-refractivity contribution in [1.82, 2.24) is 36.0 Å². The van der Waals surface area contributed by atoms with E-state index < -0.39 is 108 Å². The summed E-state index contributed by atoms with van der Waals surface area (Å²) >= 11 is 0. The Hall–Kier alpha value is -5.38. The predicted molar refractivity (Wildman–Crippen MR) is 217 cm³/mol. The third kappa shape index (κ3) is 12.6. The molecule has 3 heterocycles. The van der Waals surface area contributed by atoms with Crippen molar-refractivity contribution in [2.75, 3.05) is 32.8 Å². The Morgan fingerprint density at radius 1 is 0.705 bits per heavy atom. The summed E-state index contributed by atoms with van der Waals surface area (Å²) in [4.78, 5) is 111. The smallest absolute Gasteiger partial charge is 0.326 e. The molecule has 0 unspecified atom stereocenters. The van der Waals surface area contributed by atoms with Crippen LogP contribution in [0.4, 0.5) is 0 Å². The molecule has 3 saturated heterocycles. The number of phenols is 1. The molecule has 21 heteroatoms. The fourth-order valence-electron chi connectivity index (χ4n) is 7.98. The molecule has 0 bridgehead atoms. The third-order valence-electron chi connectivity index (χ3n) is 11.3. The summed E-state index contributed by atoms with van der Waals surface area (Å²) in [6, 6.07) is -3.82. The van der Waals surface area contributed by atoms with Gasteiger partial charge >= 0.3 is 5.97 Å². The maximum absolute atomic E-state index is 13.9. The number of carboxylic acids is 1. The fraction of sp³-hybridized carbons (Fsp3) is 0.650. The van der Waals surface area contributed by atoms with Crippen molar-refractivity contribution in [1.29, 1.82) is 0 Å². The van der Waals surface area contributed by atoms with Crippen LogP contribution in [0.15, 0.2) is 24.3 Å². The van der Waals surface area contributed by atoms with E-state index in [2.05, 4.69) is 21.3 Å². The number of carbonyl (C=O) groups is 8. The number of phenolic OH excluding ortho intramolecular Hbond substituents is 1. The molecule has 7 amide bonds. The summed E-state index contributed by atoms with van der Waals surface area (Å²) < 4.78 is 0. The van der Waals surface area contributed by atoms with Crippen LogP contribution in [0.5, 0.6) is 5.75 Å². The minimum atomic E-state index is -1.63. The highest BCUT2D eigenvalue weighted by molar-refractivity contribution is 5.98. The van der Waals surface area contributed by atoms with E-state index >= 15 is 0 Å². The Bertz CT molecular complexity index is 1750. The minimum absolute atomic E-state index is 0.0398. The number of nitrogens with zero attached hydrogens (tertiary/aromatic N) is 3. The summed E-state index contributed by atoms with van der Waals surface area (Å²) in [5.74, 6) is -6.28. The molecule has 0 saturated carbocycles. The van der Waals surface area contributed by atoms with Crippen LogP contribution in [0, 0.1) is 0 Å². The Morgan fingerprint density at radius 2 is 1.20 bits per heavy atom. The van der Waals surface area contributed by atoms with Crippen molar-refractivity contribution in [2.24, 2.45) is 11.5 Å². The van der Waals surface area contributed by atoms with Crippen LogP contribution in [0.1, 0.15) is 77.2 Å². The van der Waals surface area contributed by atoms with E-state index in [4.69, 9.17) is 11.5 Å². The van der Waals surface area contributed by atoms with Gasteiger partial charge in [0.2, 0.25) is 41.4 Å². The van der Waals surface area contributed by atoms with Gasteiger partial charge in [-0.15, -0.1) is 0 Å². The van der Waals surface area contributed by atoms with E-state index in [1.54, 1.807) is 0 Å². The number of unbranched alkanes of at least 4 members (excludes halogenated alkanes) is 1. The molecule has 21 nitrogen and oxygen atoms in total. The number of aliphatic hydroxyl groups excluding tert-OH is 2. The van der Waals surface area contributed by atoms with Gasteiger partial charge < -0.3 is 67.9 Å². The SMILES string of the molecule is C[C@H](N)C(=O)N[C@@H](CCCCN)C(=O)N1CCC[C@H]1C(=O)N[C@@H](CO)C(=O)N1CCC[C@H]1C(=O)N[C@H](C(=O)N[C@@H](Cc1ccc(O)cc1)C(=O)N1CCC[C@H]1C(=O)O)[C@@H](C)O. The monoisotopic (exact) mass is 859 g/mol. The number of benzene rings is 1. The number of hydrogen-bond acceptors (Lipinski definition) is 13. The van der Waals surface area contributed by atoms with Gasteiger partial charge in [0, 0.05) is 26.1 Å². The summed E-state index contributed by atoms with van der Waals surface area (Å²) in [5.41, 5.74) is 11.8. The number of hydrogen-bond donors (Lipinski definition) is 10. The van der Waals surface area contributed by atoms with E-state index in [0.29, 0.717) is 44.2 Å². The van der Waals surface area contributed by atoms with Crippen LogP contribution in [-0.4, -0.2) is 170 Å². The second kappa shape index (κ2) is 22.5. The van der Waals surface area contributed by atoms with E-state index in [-0.39, 0.29) is 57.5 Å². The first-order chi connectivity index (χ1) is 29.0. The van der Waals surface area contributed by atoms with E-state index in [1.807, 2.05) is 0 Å². The average Bonchev–Trinajstić information content (AvgIpc) is 4.03. The summed E-state index contributed by atoms with van der Waals surface area (Å²) in [6.07, 6.45) is 1.60. The van der Waals surface area contributed by atoms with Crippen LogP contribution in [0.2, 0.25) is 0 Å². The number of aliphatic hydroxyl groups is 2. The van der Waals surface area contributed by atoms with Gasteiger partial charge in [0.05, 0.1) is 18.8 Å². The summed E-state index contributed by atoms with van der Waals surface area (Å²) in [5, 5.41) is 50.7. The highest BCUT2D eigenvalue weighted by Gasteiger charge is 2.43. The lowest BCUT2D eigenvalue weighted by atomic mass is 10.0. The standard InChI is InChI=1S/C40H61N9O12/c1-22(42)33(53)43-26(8-3-4-16-41)37(57)47-17-5-9-29(47)34(54)45-28(21-50)39(59)48-18-6-10-30(48)35(55)46-32(23(2)51)36(56)44-27(20-24-12-14-25(52)15-13-24)38(58)49-19-7-11-31(49)40(60)61/h12-15,22-23,26-32,50-52H,3-11,16-21,41-42H2,1-2H3,(H,43,53)(H,44,56)(H,45,54)(H,46,55)(H,60,61)/t22-,23+,26-,27-,28-,29-,30-,31-,32-/m0/s1. The second-order valence-corrected chi connectivity index (χ2v) is 15.9. The molecule has 0 aliphatic carbocycles. The molecule has 0 spiro atoms. The Morgan fingerprint density at radius 3 is 1.70 bits per heavy atom. The number of aromatic hydroxyl groups is 1.